The summed E-state index contributed by atoms with van der Waals surface area (Å²) in [7, 11) is -17.6. The van der Waals surface area contributed by atoms with Crippen molar-refractivity contribution in [3.63, 3.8) is 0 Å². The topological polar surface area (TPSA) is 347 Å². The predicted molar refractivity (Wildman–Crippen MR) is 229 cm³/mol. The maximum absolute atomic E-state index is 14.3. The van der Waals surface area contributed by atoms with Crippen LogP contribution < -0.4 is 21.3 Å². The molecular weight excluding hydrogens is 947 g/mol. The van der Waals surface area contributed by atoms with Crippen LogP contribution in [0.2, 0.25) is 5.28 Å². The largest absolute Gasteiger partial charge is 0.352 e. The molecule has 0 fully saturated rings. The number of fused-ring (bicyclic) bond motifs is 2. The van der Waals surface area contributed by atoms with Gasteiger partial charge in [-0.1, -0.05) is 24.3 Å². The average Bonchev–Trinajstić information content (AvgIpc) is 3.20. The van der Waals surface area contributed by atoms with Crippen molar-refractivity contribution in [1.29, 1.82) is 0 Å². The first kappa shape index (κ1) is 45.4. The van der Waals surface area contributed by atoms with Gasteiger partial charge in [0, 0.05) is 39.8 Å². The third-order valence-electron chi connectivity index (χ3n) is 8.73. The van der Waals surface area contributed by atoms with E-state index in [9.17, 15) is 51.7 Å². The smallest absolute Gasteiger partial charge is 0.315 e. The summed E-state index contributed by atoms with van der Waals surface area (Å²) in [6, 6.07) is 16.9. The lowest BCUT2D eigenvalue weighted by atomic mass is 10.1. The number of nitrogens with one attached hydrogen (secondary N) is 4. The number of hydrogen-bond donors (Lipinski definition) is 8. The van der Waals surface area contributed by atoms with Crippen LogP contribution in [0.3, 0.4) is 0 Å². The molecule has 7 aromatic rings. The molecule has 0 spiro atoms. The van der Waals surface area contributed by atoms with Gasteiger partial charge in [-0.2, -0.15) is 64.7 Å². The Morgan fingerprint density at radius 1 is 0.672 bits per heavy atom. The summed E-state index contributed by atoms with van der Waals surface area (Å²) in [4.78, 5) is 21.8. The highest BCUT2D eigenvalue weighted by Gasteiger charge is 2.23. The van der Waals surface area contributed by atoms with Crippen LogP contribution in [-0.4, -0.2) is 89.8 Å². The summed E-state index contributed by atoms with van der Waals surface area (Å²) in [5.41, 5.74) is 0.0323. The van der Waals surface area contributed by atoms with E-state index in [0.29, 0.717) is 5.69 Å². The maximum Gasteiger partial charge on any atom is 0.315 e. The van der Waals surface area contributed by atoms with Gasteiger partial charge in [0.05, 0.1) is 22.0 Å². The Kier molecular flexibility index (Phi) is 12.6. The minimum Gasteiger partial charge on any atom is -0.352 e. The summed E-state index contributed by atoms with van der Waals surface area (Å²) in [5.74, 6) is -0.621. The standard InChI is InChI=1S/C35H28ClFN12O11S4/c1-17(39-33-44-31(37)45-34(47-33)40-18-8-10-20(11-9-18)61(50)51)16-38-32-42-30(36)43-35(46-32)41-25-13-12-24(22-5-3-7-27(29(22)25)63(55,56)57)49-48-19-14-23-21(28(15-19)64(58,59)60)4-2-6-26(23)62(52,53)54/h2-15,17,61H,16H2,1H3,(H,52,53,54)(H,55,56,57)(H,58,59,60)(H2,38,41,42,43,46)(H2,39,40,44,45,47). The molecule has 7 N–H and O–H groups in total. The van der Waals surface area contributed by atoms with Gasteiger partial charge in [0.25, 0.3) is 30.4 Å². The Hall–Kier alpha value is -6.66. The van der Waals surface area contributed by atoms with E-state index in [2.05, 4.69) is 61.4 Å². The molecule has 0 amide bonds. The molecule has 332 valence electrons. The van der Waals surface area contributed by atoms with Gasteiger partial charge in [-0.05, 0) is 79.2 Å². The number of anilines is 6. The van der Waals surface area contributed by atoms with Crippen LogP contribution in [0.5, 0.6) is 0 Å². The molecule has 0 saturated carbocycles. The lowest BCUT2D eigenvalue weighted by Crippen LogP contribution is -2.27. The molecule has 7 rings (SSSR count). The van der Waals surface area contributed by atoms with E-state index >= 15 is 0 Å². The lowest BCUT2D eigenvalue weighted by Gasteiger charge is -2.16. The number of benzene rings is 5. The second kappa shape index (κ2) is 17.8. The van der Waals surface area contributed by atoms with Crippen LogP contribution in [0.25, 0.3) is 21.5 Å². The minimum atomic E-state index is -4.98. The zero-order valence-electron chi connectivity index (χ0n) is 32.0. The fourth-order valence-electron chi connectivity index (χ4n) is 6.07. The monoisotopic (exact) mass is 974 g/mol. The van der Waals surface area contributed by atoms with Gasteiger partial charge in [-0.25, -0.2) is 8.42 Å². The third kappa shape index (κ3) is 10.6. The fourth-order valence-corrected chi connectivity index (χ4v) is 8.77. The van der Waals surface area contributed by atoms with Gasteiger partial charge < -0.3 is 21.3 Å². The predicted octanol–water partition coefficient (Wildman–Crippen LogP) is 5.68. The number of nitrogens with zero attached hydrogens (tertiary/aromatic N) is 8. The maximum atomic E-state index is 14.3. The van der Waals surface area contributed by atoms with Gasteiger partial charge in [-0.15, -0.1) is 5.11 Å². The molecule has 0 aliphatic carbocycles. The zero-order chi connectivity index (χ0) is 46.1. The summed E-state index contributed by atoms with van der Waals surface area (Å²) in [6.45, 7) is 1.74. The van der Waals surface area contributed by atoms with Gasteiger partial charge in [0.15, 0.2) is 10.7 Å². The molecule has 2 heterocycles. The van der Waals surface area contributed by atoms with Crippen molar-refractivity contribution in [2.45, 2.75) is 32.5 Å². The first-order valence-electron chi connectivity index (χ1n) is 17.7. The van der Waals surface area contributed by atoms with Crippen molar-refractivity contribution in [2.75, 3.05) is 27.8 Å². The van der Waals surface area contributed by atoms with Crippen molar-refractivity contribution in [3.8, 4) is 0 Å². The second-order valence-corrected chi connectivity index (χ2v) is 18.8. The molecule has 0 saturated heterocycles. The second-order valence-electron chi connectivity index (χ2n) is 13.2. The quantitative estimate of drug-likeness (QED) is 0.0348. The van der Waals surface area contributed by atoms with Crippen LogP contribution in [0, 0.1) is 6.08 Å². The van der Waals surface area contributed by atoms with Crippen LogP contribution in [0.4, 0.5) is 50.9 Å². The highest BCUT2D eigenvalue weighted by Crippen LogP contribution is 2.39. The summed E-state index contributed by atoms with van der Waals surface area (Å²) >= 11 is 6.22. The Bertz CT molecular complexity index is 3450. The molecule has 0 bridgehead atoms. The van der Waals surface area contributed by atoms with Gasteiger partial charge >= 0.3 is 6.08 Å². The van der Waals surface area contributed by atoms with Gasteiger partial charge in [0.1, 0.15) is 14.7 Å². The third-order valence-corrected chi connectivity index (χ3v) is 12.3. The summed E-state index contributed by atoms with van der Waals surface area (Å²) < 4.78 is 141. The normalized spacial score (nSPS) is 12.8. The molecule has 23 nitrogen and oxygen atoms in total. The molecule has 1 unspecified atom stereocenters. The molecule has 1 atom stereocenters. The highest BCUT2D eigenvalue weighted by atomic mass is 35.5. The number of azo groups is 1. The molecule has 29 heteroatoms. The average molecular weight is 975 g/mol. The van der Waals surface area contributed by atoms with E-state index in [1.807, 2.05) is 0 Å². The van der Waals surface area contributed by atoms with E-state index in [-0.39, 0.29) is 79.1 Å². The van der Waals surface area contributed by atoms with E-state index in [4.69, 9.17) is 11.6 Å². The number of rotatable bonds is 15. The van der Waals surface area contributed by atoms with Crippen molar-refractivity contribution >= 4 is 121 Å². The van der Waals surface area contributed by atoms with Crippen molar-refractivity contribution in [1.82, 2.24) is 29.9 Å². The van der Waals surface area contributed by atoms with Crippen molar-refractivity contribution in [3.05, 3.63) is 96.3 Å². The first-order valence-corrected chi connectivity index (χ1v) is 23.6. The molecule has 0 radical (unpaired) electrons. The number of thiol groups is 1. The van der Waals surface area contributed by atoms with E-state index in [1.54, 1.807) is 6.92 Å². The SMILES string of the molecule is CC(CNc1nc(Cl)nc(Nc2ccc(N=Nc3cc(S(=O)(=O)O)c4cccc(S(=O)(=O)O)c4c3)c3cccc(S(=O)(=O)O)c23)n1)Nc1nc(F)nc(Nc2ccc([SH](=O)=O)cc2)n1. The molecular formula is C35H28ClFN12O11S4. The Labute approximate surface area is 367 Å². The highest BCUT2D eigenvalue weighted by molar-refractivity contribution is 7.86. The fraction of sp³-hybridized carbons (Fsp3) is 0.0857. The number of hydrogen-bond acceptors (Lipinski definition) is 20. The number of aromatic nitrogens is 6. The van der Waals surface area contributed by atoms with E-state index in [0.717, 1.165) is 30.3 Å². The van der Waals surface area contributed by atoms with Crippen molar-refractivity contribution in [2.24, 2.45) is 10.2 Å². The summed E-state index contributed by atoms with van der Waals surface area (Å²) in [5, 5.41) is 18.6. The van der Waals surface area contributed by atoms with Crippen LogP contribution >= 0.6 is 11.6 Å². The van der Waals surface area contributed by atoms with Crippen LogP contribution in [-0.2, 0) is 41.1 Å². The van der Waals surface area contributed by atoms with Gasteiger partial charge in [-0.3, -0.25) is 13.7 Å². The minimum absolute atomic E-state index is 0.000624. The Morgan fingerprint density at radius 2 is 1.28 bits per heavy atom. The number of halogens is 2. The zero-order valence-corrected chi connectivity index (χ0v) is 36.1. The molecule has 0 aliphatic heterocycles. The summed E-state index contributed by atoms with van der Waals surface area (Å²) in [6.07, 6.45) is -1.11. The van der Waals surface area contributed by atoms with E-state index in [1.165, 1.54) is 54.6 Å². The van der Waals surface area contributed by atoms with Crippen LogP contribution in [0.1, 0.15) is 6.92 Å². The molecule has 5 aromatic carbocycles. The molecule has 0 aliphatic rings. The molecule has 2 aromatic heterocycles. The first-order chi connectivity index (χ1) is 30.1. The van der Waals surface area contributed by atoms with Gasteiger partial charge in [0.2, 0.25) is 29.1 Å². The Morgan fingerprint density at radius 3 is 1.95 bits per heavy atom. The lowest BCUT2D eigenvalue weighted by molar-refractivity contribution is 0.481. The molecule has 64 heavy (non-hydrogen) atoms. The van der Waals surface area contributed by atoms with E-state index < -0.39 is 67.9 Å². The van der Waals surface area contributed by atoms with Crippen LogP contribution in [0.15, 0.2) is 115 Å². The Balaban J connectivity index is 1.14. The van der Waals surface area contributed by atoms with Crippen molar-refractivity contribution < 1.29 is 51.7 Å².